The fourth-order valence-corrected chi connectivity index (χ4v) is 3.61. The third-order valence-electron chi connectivity index (χ3n) is 5.12. The van der Waals surface area contributed by atoms with Gasteiger partial charge in [0.2, 0.25) is 0 Å². The number of hydrogen-bond acceptors (Lipinski definition) is 7. The van der Waals surface area contributed by atoms with Gasteiger partial charge in [-0.3, -0.25) is 9.59 Å². The maximum Gasteiger partial charge on any atom is 0.309 e. The third-order valence-corrected chi connectivity index (χ3v) is 5.12. The number of esters is 1. The van der Waals surface area contributed by atoms with E-state index in [-0.39, 0.29) is 17.8 Å². The number of benzene rings is 2. The first-order valence-electron chi connectivity index (χ1n) is 9.24. The van der Waals surface area contributed by atoms with Crippen molar-refractivity contribution in [2.45, 2.75) is 12.8 Å². The van der Waals surface area contributed by atoms with Crippen molar-refractivity contribution < 1.29 is 33.3 Å². The van der Waals surface area contributed by atoms with Crippen LogP contribution in [-0.2, 0) is 27.2 Å². The average molecular weight is 400 g/mol. The lowest BCUT2D eigenvalue weighted by molar-refractivity contribution is -0.141. The molecule has 1 fully saturated rings. The molecule has 7 nitrogen and oxygen atoms in total. The van der Waals surface area contributed by atoms with Crippen molar-refractivity contribution in [1.29, 1.82) is 0 Å². The van der Waals surface area contributed by atoms with Crippen LogP contribution < -0.4 is 18.9 Å². The van der Waals surface area contributed by atoms with Gasteiger partial charge in [-0.05, 0) is 48.2 Å². The number of carbonyl (C=O) groups is 2. The molecule has 0 spiro atoms. The van der Waals surface area contributed by atoms with Gasteiger partial charge in [-0.1, -0.05) is 12.1 Å². The van der Waals surface area contributed by atoms with E-state index in [4.69, 9.17) is 23.7 Å². The van der Waals surface area contributed by atoms with E-state index >= 15 is 0 Å². The molecule has 3 rings (SSSR count). The maximum absolute atomic E-state index is 12.4. The fourth-order valence-electron chi connectivity index (χ4n) is 3.61. The first-order chi connectivity index (χ1) is 14.1. The van der Waals surface area contributed by atoms with Crippen molar-refractivity contribution in [3.63, 3.8) is 0 Å². The molecule has 0 aromatic heterocycles. The van der Waals surface area contributed by atoms with Crippen LogP contribution in [0.5, 0.6) is 23.0 Å². The Hall–Kier alpha value is -3.22. The van der Waals surface area contributed by atoms with Gasteiger partial charge in [0.25, 0.3) is 6.47 Å². The van der Waals surface area contributed by atoms with Gasteiger partial charge >= 0.3 is 5.97 Å². The van der Waals surface area contributed by atoms with Gasteiger partial charge in [0, 0.05) is 5.92 Å². The molecule has 1 aliphatic heterocycles. The summed E-state index contributed by atoms with van der Waals surface area (Å²) in [6, 6.07) is 11.0. The normalized spacial score (nSPS) is 18.1. The largest absolute Gasteiger partial charge is 0.493 e. The summed E-state index contributed by atoms with van der Waals surface area (Å²) in [6.07, 6.45) is 1.19. The second kappa shape index (κ2) is 9.32. The molecular formula is C22H24O7. The predicted octanol–water partition coefficient (Wildman–Crippen LogP) is 2.82. The highest BCUT2D eigenvalue weighted by Gasteiger charge is 2.37. The first-order valence-corrected chi connectivity index (χ1v) is 9.24. The quantitative estimate of drug-likeness (QED) is 0.473. The topological polar surface area (TPSA) is 80.3 Å². The van der Waals surface area contributed by atoms with Crippen LogP contribution in [0, 0.1) is 11.8 Å². The van der Waals surface area contributed by atoms with Crippen LogP contribution in [0.1, 0.15) is 11.1 Å². The van der Waals surface area contributed by atoms with Crippen LogP contribution >= 0.6 is 0 Å². The highest BCUT2D eigenvalue weighted by molar-refractivity contribution is 5.75. The Balaban J connectivity index is 1.76. The molecule has 0 saturated carbocycles. The Morgan fingerprint density at radius 3 is 2.10 bits per heavy atom. The van der Waals surface area contributed by atoms with Crippen molar-refractivity contribution in [3.05, 3.63) is 47.5 Å². The number of rotatable bonds is 9. The molecular weight excluding hydrogens is 376 g/mol. The summed E-state index contributed by atoms with van der Waals surface area (Å²) in [6.45, 7) is 0.729. The van der Waals surface area contributed by atoms with E-state index in [0.717, 1.165) is 11.1 Å². The highest BCUT2D eigenvalue weighted by Crippen LogP contribution is 2.34. The number of methoxy groups -OCH3 is 3. The second-order valence-electron chi connectivity index (χ2n) is 6.79. The monoisotopic (exact) mass is 400 g/mol. The van der Waals surface area contributed by atoms with Crippen LogP contribution in [-0.4, -0.2) is 40.4 Å². The molecule has 7 heteroatoms. The standard InChI is InChI=1S/C22H24O7/c1-25-18-6-4-14(10-20(18)26-2)8-16-12-28-22(24)17(16)9-15-5-7-19(29-13-23)21(11-15)27-3/h4-7,10-11,13,16-17H,8-9,12H2,1-3H3/t16-,17+/m0/s1. The molecule has 0 radical (unpaired) electrons. The Morgan fingerprint density at radius 1 is 0.897 bits per heavy atom. The van der Waals surface area contributed by atoms with Crippen molar-refractivity contribution in [2.75, 3.05) is 27.9 Å². The molecule has 0 N–H and O–H groups in total. The van der Waals surface area contributed by atoms with E-state index in [1.54, 1.807) is 26.4 Å². The summed E-state index contributed by atoms with van der Waals surface area (Å²) < 4.78 is 26.2. The zero-order valence-corrected chi connectivity index (χ0v) is 16.7. The van der Waals surface area contributed by atoms with Crippen molar-refractivity contribution in [1.82, 2.24) is 0 Å². The summed E-state index contributed by atoms with van der Waals surface area (Å²) in [5, 5.41) is 0. The van der Waals surface area contributed by atoms with Gasteiger partial charge in [0.1, 0.15) is 0 Å². The van der Waals surface area contributed by atoms with Gasteiger partial charge in [-0.25, -0.2) is 0 Å². The minimum Gasteiger partial charge on any atom is -0.493 e. The minimum absolute atomic E-state index is 0.0393. The molecule has 1 heterocycles. The summed E-state index contributed by atoms with van der Waals surface area (Å²) in [5.41, 5.74) is 1.95. The smallest absolute Gasteiger partial charge is 0.309 e. The maximum atomic E-state index is 12.4. The van der Waals surface area contributed by atoms with E-state index < -0.39 is 0 Å². The van der Waals surface area contributed by atoms with Crippen LogP contribution in [0.25, 0.3) is 0 Å². The molecule has 1 aliphatic rings. The Bertz CT molecular complexity index is 877. The molecule has 1 saturated heterocycles. The van der Waals surface area contributed by atoms with Crippen LogP contribution in [0.4, 0.5) is 0 Å². The number of carbonyl (C=O) groups excluding carboxylic acids is 2. The van der Waals surface area contributed by atoms with Crippen LogP contribution in [0.2, 0.25) is 0 Å². The number of cyclic esters (lactones) is 1. The van der Waals surface area contributed by atoms with Crippen molar-refractivity contribution >= 4 is 12.4 Å². The van der Waals surface area contributed by atoms with Gasteiger partial charge in [-0.15, -0.1) is 0 Å². The van der Waals surface area contributed by atoms with Gasteiger partial charge in [0.05, 0.1) is 33.9 Å². The predicted molar refractivity (Wildman–Crippen MR) is 105 cm³/mol. The Labute approximate surface area is 169 Å². The van der Waals surface area contributed by atoms with E-state index in [2.05, 4.69) is 0 Å². The molecule has 0 aliphatic carbocycles. The van der Waals surface area contributed by atoms with Crippen LogP contribution in [0.3, 0.4) is 0 Å². The lowest BCUT2D eigenvalue weighted by Gasteiger charge is -2.17. The Kier molecular flexibility index (Phi) is 6.59. The van der Waals surface area contributed by atoms with Crippen LogP contribution in [0.15, 0.2) is 36.4 Å². The van der Waals surface area contributed by atoms with Crippen molar-refractivity contribution in [2.24, 2.45) is 11.8 Å². The van der Waals surface area contributed by atoms with Gasteiger partial charge in [-0.2, -0.15) is 0 Å². The summed E-state index contributed by atoms with van der Waals surface area (Å²) in [5.74, 6) is 1.66. The summed E-state index contributed by atoms with van der Waals surface area (Å²) in [7, 11) is 4.69. The first kappa shape index (κ1) is 20.5. The average Bonchev–Trinajstić information content (AvgIpc) is 3.08. The number of ether oxygens (including phenoxy) is 5. The van der Waals surface area contributed by atoms with Crippen molar-refractivity contribution in [3.8, 4) is 23.0 Å². The molecule has 0 unspecified atom stereocenters. The van der Waals surface area contributed by atoms with Gasteiger partial charge in [0.15, 0.2) is 23.0 Å². The zero-order chi connectivity index (χ0) is 20.8. The van der Waals surface area contributed by atoms with E-state index in [1.807, 2.05) is 24.3 Å². The summed E-state index contributed by atoms with van der Waals surface area (Å²) in [4.78, 5) is 23.0. The molecule has 29 heavy (non-hydrogen) atoms. The van der Waals surface area contributed by atoms with E-state index in [0.29, 0.717) is 48.9 Å². The minimum atomic E-state index is -0.273. The van der Waals surface area contributed by atoms with E-state index in [1.165, 1.54) is 7.11 Å². The van der Waals surface area contributed by atoms with E-state index in [9.17, 15) is 9.59 Å². The fraction of sp³-hybridized carbons (Fsp3) is 0.364. The SMILES string of the molecule is COc1ccc(C[C@H]2COC(=O)[C@@H]2Cc2ccc(OC=O)c(OC)c2)cc1OC. The lowest BCUT2D eigenvalue weighted by atomic mass is 9.85. The molecule has 0 amide bonds. The number of hydrogen-bond donors (Lipinski definition) is 0. The third kappa shape index (κ3) is 4.62. The molecule has 2 atom stereocenters. The molecule has 0 bridgehead atoms. The second-order valence-corrected chi connectivity index (χ2v) is 6.79. The highest BCUT2D eigenvalue weighted by atomic mass is 16.5. The molecule has 2 aromatic rings. The Morgan fingerprint density at radius 2 is 1.48 bits per heavy atom. The molecule has 2 aromatic carbocycles. The zero-order valence-electron chi connectivity index (χ0n) is 16.7. The lowest BCUT2D eigenvalue weighted by Crippen LogP contribution is -2.20. The van der Waals surface area contributed by atoms with Gasteiger partial charge < -0.3 is 23.7 Å². The summed E-state index contributed by atoms with van der Waals surface area (Å²) >= 11 is 0. The molecule has 154 valence electrons.